The van der Waals surface area contributed by atoms with Gasteiger partial charge in [-0.15, -0.1) is 0 Å². The standard InChI is InChI=1S/C16H26N2O/c1-4-16(19)14-7-5-6-8-15(14)18(3)13-9-11-17(2)12-10-13/h5-8,13,16,19H,4,9-12H2,1-3H3/t16-/m1/s1. The van der Waals surface area contributed by atoms with Gasteiger partial charge in [0.2, 0.25) is 0 Å². The predicted molar refractivity (Wildman–Crippen MR) is 80.6 cm³/mol. The van der Waals surface area contributed by atoms with Crippen molar-refractivity contribution in [3.63, 3.8) is 0 Å². The molecule has 0 spiro atoms. The Hall–Kier alpha value is -1.06. The van der Waals surface area contributed by atoms with Crippen LogP contribution in [0.2, 0.25) is 0 Å². The second-order valence-electron chi connectivity index (χ2n) is 5.63. The Kier molecular flexibility index (Phi) is 4.83. The summed E-state index contributed by atoms with van der Waals surface area (Å²) < 4.78 is 0. The molecule has 106 valence electrons. The molecule has 19 heavy (non-hydrogen) atoms. The van der Waals surface area contributed by atoms with Gasteiger partial charge in [0.1, 0.15) is 0 Å². The molecule has 0 aliphatic carbocycles. The van der Waals surface area contributed by atoms with E-state index in [0.29, 0.717) is 6.04 Å². The number of hydrogen-bond acceptors (Lipinski definition) is 3. The molecular weight excluding hydrogens is 236 g/mol. The van der Waals surface area contributed by atoms with Gasteiger partial charge in [0.05, 0.1) is 6.10 Å². The second-order valence-corrected chi connectivity index (χ2v) is 5.63. The normalized spacial score (nSPS) is 19.4. The minimum Gasteiger partial charge on any atom is -0.388 e. The number of aliphatic hydroxyl groups excluding tert-OH is 1. The first-order chi connectivity index (χ1) is 9.13. The fourth-order valence-electron chi connectivity index (χ4n) is 2.89. The van der Waals surface area contributed by atoms with E-state index in [0.717, 1.165) is 25.1 Å². The largest absolute Gasteiger partial charge is 0.388 e. The molecule has 1 heterocycles. The van der Waals surface area contributed by atoms with Gasteiger partial charge in [-0.05, 0) is 45.5 Å². The monoisotopic (exact) mass is 262 g/mol. The maximum atomic E-state index is 10.2. The lowest BCUT2D eigenvalue weighted by Crippen LogP contribution is -2.42. The highest BCUT2D eigenvalue weighted by molar-refractivity contribution is 5.54. The van der Waals surface area contributed by atoms with Gasteiger partial charge in [-0.25, -0.2) is 0 Å². The summed E-state index contributed by atoms with van der Waals surface area (Å²) in [4.78, 5) is 4.75. The zero-order chi connectivity index (χ0) is 13.8. The van der Waals surface area contributed by atoms with Crippen LogP contribution in [-0.4, -0.2) is 43.2 Å². The summed E-state index contributed by atoms with van der Waals surface area (Å²) in [5.74, 6) is 0. The molecule has 1 N–H and O–H groups in total. The lowest BCUT2D eigenvalue weighted by Gasteiger charge is -2.37. The molecule has 0 unspecified atom stereocenters. The van der Waals surface area contributed by atoms with Crippen molar-refractivity contribution < 1.29 is 5.11 Å². The Bertz CT molecular complexity index is 399. The maximum absolute atomic E-state index is 10.2. The highest BCUT2D eigenvalue weighted by Gasteiger charge is 2.23. The summed E-state index contributed by atoms with van der Waals surface area (Å²) in [6.45, 7) is 4.35. The molecular formula is C16H26N2O. The molecule has 0 bridgehead atoms. The molecule has 1 aromatic rings. The van der Waals surface area contributed by atoms with Crippen molar-refractivity contribution >= 4 is 5.69 Å². The number of para-hydroxylation sites is 1. The van der Waals surface area contributed by atoms with Crippen molar-refractivity contribution in [1.29, 1.82) is 0 Å². The van der Waals surface area contributed by atoms with E-state index in [4.69, 9.17) is 0 Å². The van der Waals surface area contributed by atoms with E-state index in [1.165, 1.54) is 18.5 Å². The third kappa shape index (κ3) is 3.28. The van der Waals surface area contributed by atoms with Crippen LogP contribution >= 0.6 is 0 Å². The zero-order valence-corrected chi connectivity index (χ0v) is 12.3. The third-order valence-corrected chi connectivity index (χ3v) is 4.30. The molecule has 1 saturated heterocycles. The summed E-state index contributed by atoms with van der Waals surface area (Å²) in [5, 5.41) is 10.2. The Morgan fingerprint density at radius 3 is 2.58 bits per heavy atom. The minimum absolute atomic E-state index is 0.357. The van der Waals surface area contributed by atoms with Gasteiger partial charge in [0.25, 0.3) is 0 Å². The summed E-state index contributed by atoms with van der Waals surface area (Å²) in [5.41, 5.74) is 2.25. The fraction of sp³-hybridized carbons (Fsp3) is 0.625. The third-order valence-electron chi connectivity index (χ3n) is 4.30. The molecule has 1 aromatic carbocycles. The van der Waals surface area contributed by atoms with Crippen molar-refractivity contribution in [1.82, 2.24) is 4.90 Å². The van der Waals surface area contributed by atoms with Crippen molar-refractivity contribution in [3.8, 4) is 0 Å². The summed E-state index contributed by atoms with van der Waals surface area (Å²) >= 11 is 0. The zero-order valence-electron chi connectivity index (χ0n) is 12.3. The Morgan fingerprint density at radius 2 is 1.95 bits per heavy atom. The van der Waals surface area contributed by atoms with E-state index in [2.05, 4.69) is 42.1 Å². The molecule has 1 aliphatic rings. The van der Waals surface area contributed by atoms with Crippen LogP contribution in [0.25, 0.3) is 0 Å². The van der Waals surface area contributed by atoms with Gasteiger partial charge in [0, 0.05) is 24.3 Å². The van der Waals surface area contributed by atoms with E-state index in [1.807, 2.05) is 13.0 Å². The first-order valence-electron chi connectivity index (χ1n) is 7.31. The lowest BCUT2D eigenvalue weighted by molar-refractivity contribution is 0.173. The number of likely N-dealkylation sites (tertiary alicyclic amines) is 1. The van der Waals surface area contributed by atoms with E-state index in [9.17, 15) is 5.11 Å². The first-order valence-corrected chi connectivity index (χ1v) is 7.31. The van der Waals surface area contributed by atoms with Crippen LogP contribution in [0.5, 0.6) is 0 Å². The molecule has 2 rings (SSSR count). The average Bonchev–Trinajstić information content (AvgIpc) is 2.46. The molecule has 0 amide bonds. The SMILES string of the molecule is CC[C@@H](O)c1ccccc1N(C)C1CCN(C)CC1. The van der Waals surface area contributed by atoms with Crippen LogP contribution in [0.1, 0.15) is 37.9 Å². The van der Waals surface area contributed by atoms with E-state index in [-0.39, 0.29) is 6.10 Å². The number of hydrogen-bond donors (Lipinski definition) is 1. The molecule has 0 radical (unpaired) electrons. The Labute approximate surface area is 116 Å². The summed E-state index contributed by atoms with van der Waals surface area (Å²) in [7, 11) is 4.35. The number of aliphatic hydroxyl groups is 1. The first kappa shape index (κ1) is 14.4. The van der Waals surface area contributed by atoms with Gasteiger partial charge >= 0.3 is 0 Å². The number of anilines is 1. The van der Waals surface area contributed by atoms with Crippen LogP contribution < -0.4 is 4.90 Å². The lowest BCUT2D eigenvalue weighted by atomic mass is 9.99. The van der Waals surface area contributed by atoms with E-state index in [1.54, 1.807) is 0 Å². The van der Waals surface area contributed by atoms with Gasteiger partial charge in [0.15, 0.2) is 0 Å². The molecule has 1 fully saturated rings. The van der Waals surface area contributed by atoms with Crippen LogP contribution in [0.3, 0.4) is 0 Å². The smallest absolute Gasteiger partial charge is 0.0807 e. The van der Waals surface area contributed by atoms with Crippen molar-refractivity contribution in [2.24, 2.45) is 0 Å². The predicted octanol–water partition coefficient (Wildman–Crippen LogP) is 2.66. The molecule has 1 aliphatic heterocycles. The highest BCUT2D eigenvalue weighted by Crippen LogP contribution is 2.30. The van der Waals surface area contributed by atoms with E-state index < -0.39 is 0 Å². The molecule has 3 heteroatoms. The summed E-state index contributed by atoms with van der Waals surface area (Å²) in [6, 6.07) is 8.84. The maximum Gasteiger partial charge on any atom is 0.0807 e. The fourth-order valence-corrected chi connectivity index (χ4v) is 2.89. The number of piperidine rings is 1. The molecule has 3 nitrogen and oxygen atoms in total. The second kappa shape index (κ2) is 6.40. The highest BCUT2D eigenvalue weighted by atomic mass is 16.3. The average molecular weight is 262 g/mol. The molecule has 0 saturated carbocycles. The van der Waals surface area contributed by atoms with Crippen LogP contribution in [0, 0.1) is 0 Å². The Balaban J connectivity index is 2.16. The van der Waals surface area contributed by atoms with Gasteiger partial charge < -0.3 is 14.9 Å². The molecule has 0 aromatic heterocycles. The Morgan fingerprint density at radius 1 is 1.32 bits per heavy atom. The number of nitrogens with zero attached hydrogens (tertiary/aromatic N) is 2. The molecule has 1 atom stereocenters. The van der Waals surface area contributed by atoms with E-state index >= 15 is 0 Å². The van der Waals surface area contributed by atoms with Gasteiger partial charge in [-0.2, -0.15) is 0 Å². The number of benzene rings is 1. The number of rotatable bonds is 4. The minimum atomic E-state index is -0.357. The van der Waals surface area contributed by atoms with Crippen molar-refractivity contribution in [2.45, 2.75) is 38.3 Å². The van der Waals surface area contributed by atoms with Crippen LogP contribution in [0.15, 0.2) is 24.3 Å². The quantitative estimate of drug-likeness (QED) is 0.903. The van der Waals surface area contributed by atoms with Gasteiger partial charge in [-0.1, -0.05) is 25.1 Å². The van der Waals surface area contributed by atoms with Gasteiger partial charge in [-0.3, -0.25) is 0 Å². The van der Waals surface area contributed by atoms with Crippen LogP contribution in [-0.2, 0) is 0 Å². The van der Waals surface area contributed by atoms with Crippen molar-refractivity contribution in [3.05, 3.63) is 29.8 Å². The topological polar surface area (TPSA) is 26.7 Å². The summed E-state index contributed by atoms with van der Waals surface area (Å²) in [6.07, 6.45) is 2.80. The van der Waals surface area contributed by atoms with Crippen LogP contribution in [0.4, 0.5) is 5.69 Å². The van der Waals surface area contributed by atoms with Crippen molar-refractivity contribution in [2.75, 3.05) is 32.1 Å².